The number of aromatic nitrogens is 2. The zero-order valence-electron chi connectivity index (χ0n) is 13.2. The molecule has 0 radical (unpaired) electrons. The average molecular weight is 336 g/mol. The predicted octanol–water partition coefficient (Wildman–Crippen LogP) is 0.849. The Labute approximate surface area is 140 Å². The largest absolute Gasteiger partial charge is 0.450 e. The highest BCUT2D eigenvalue weighted by Gasteiger charge is 2.23. The van der Waals surface area contributed by atoms with Crippen LogP contribution < -0.4 is 5.43 Å². The van der Waals surface area contributed by atoms with Crippen LogP contribution in [-0.4, -0.2) is 69.5 Å². The minimum atomic E-state index is -0.275. The maximum Gasteiger partial charge on any atom is 0.409 e. The van der Waals surface area contributed by atoms with Crippen LogP contribution in [0.4, 0.5) is 4.79 Å². The van der Waals surface area contributed by atoms with Crippen molar-refractivity contribution >= 4 is 29.1 Å². The quantitative estimate of drug-likeness (QED) is 0.498. The maximum atomic E-state index is 11.6. The van der Waals surface area contributed by atoms with Crippen LogP contribution in [0.1, 0.15) is 19.5 Å². The van der Waals surface area contributed by atoms with Crippen molar-refractivity contribution in [3.8, 4) is 0 Å². The first-order valence-corrected chi connectivity index (χ1v) is 7.80. The molecule has 0 atom stereocenters. The van der Waals surface area contributed by atoms with Crippen LogP contribution in [0.25, 0.3) is 0 Å². The number of nitrogens with zero attached hydrogens (tertiary/aromatic N) is 5. The van der Waals surface area contributed by atoms with Gasteiger partial charge in [0.2, 0.25) is 0 Å². The summed E-state index contributed by atoms with van der Waals surface area (Å²) >= 11 is 5.33. The first kappa shape index (κ1) is 17.1. The number of hydrogen-bond acceptors (Lipinski definition) is 6. The molecule has 0 unspecified atom stereocenters. The van der Waals surface area contributed by atoms with Crippen LogP contribution in [-0.2, 0) is 4.74 Å². The Hall–Kier alpha value is -2.29. The van der Waals surface area contributed by atoms with Crippen LogP contribution in [0.3, 0.4) is 0 Å². The molecule has 124 valence electrons. The smallest absolute Gasteiger partial charge is 0.409 e. The summed E-state index contributed by atoms with van der Waals surface area (Å²) in [6.07, 6.45) is 4.59. The monoisotopic (exact) mass is 336 g/mol. The van der Waals surface area contributed by atoms with E-state index in [9.17, 15) is 4.79 Å². The van der Waals surface area contributed by atoms with Crippen molar-refractivity contribution in [1.29, 1.82) is 0 Å². The molecule has 2 rings (SSSR count). The molecule has 23 heavy (non-hydrogen) atoms. The van der Waals surface area contributed by atoms with E-state index in [-0.39, 0.29) is 6.09 Å². The fraction of sp³-hybridized carbons (Fsp3) is 0.500. The molecular weight excluding hydrogens is 316 g/mol. The van der Waals surface area contributed by atoms with Crippen LogP contribution >= 0.6 is 12.2 Å². The minimum absolute atomic E-state index is 0.275. The SMILES string of the molecule is CCOC(=O)N1CCN(C(=S)N/N=C(/C)c2cnccn2)CC1. The molecule has 0 bridgehead atoms. The van der Waals surface area contributed by atoms with Crippen molar-refractivity contribution in [3.63, 3.8) is 0 Å². The van der Waals surface area contributed by atoms with Gasteiger partial charge in [-0.25, -0.2) is 4.79 Å². The lowest BCUT2D eigenvalue weighted by Crippen LogP contribution is -2.52. The highest BCUT2D eigenvalue weighted by molar-refractivity contribution is 7.80. The lowest BCUT2D eigenvalue weighted by molar-refractivity contribution is 0.0919. The summed E-state index contributed by atoms with van der Waals surface area (Å²) in [5.74, 6) is 0. The number of thiocarbonyl (C=S) groups is 1. The van der Waals surface area contributed by atoms with Gasteiger partial charge < -0.3 is 14.5 Å². The minimum Gasteiger partial charge on any atom is -0.450 e. The number of ether oxygens (including phenoxy) is 1. The summed E-state index contributed by atoms with van der Waals surface area (Å²) in [5, 5.41) is 4.75. The van der Waals surface area contributed by atoms with Crippen molar-refractivity contribution in [3.05, 3.63) is 24.3 Å². The van der Waals surface area contributed by atoms with Gasteiger partial charge >= 0.3 is 6.09 Å². The molecule has 1 amide bonds. The van der Waals surface area contributed by atoms with Gasteiger partial charge in [-0.05, 0) is 26.1 Å². The second kappa shape index (κ2) is 8.37. The van der Waals surface area contributed by atoms with Crippen LogP contribution in [0.5, 0.6) is 0 Å². The van der Waals surface area contributed by atoms with E-state index in [4.69, 9.17) is 17.0 Å². The Kier molecular flexibility index (Phi) is 6.21. The van der Waals surface area contributed by atoms with Gasteiger partial charge in [0.05, 0.1) is 18.5 Å². The fourth-order valence-corrected chi connectivity index (χ4v) is 2.28. The number of carbonyl (C=O) groups is 1. The standard InChI is InChI=1S/C14H20N6O2S/c1-3-22-14(21)20-8-6-19(7-9-20)13(23)18-17-11(2)12-10-15-4-5-16-12/h4-5,10H,3,6-9H2,1-2H3,(H,18,23)/b17-11-. The van der Waals surface area contributed by atoms with Crippen molar-refractivity contribution < 1.29 is 9.53 Å². The first-order chi connectivity index (χ1) is 11.1. The number of piperazine rings is 1. The zero-order chi connectivity index (χ0) is 16.7. The number of rotatable bonds is 3. The van der Waals surface area contributed by atoms with Crippen molar-refractivity contribution in [2.75, 3.05) is 32.8 Å². The molecular formula is C14H20N6O2S. The predicted molar refractivity (Wildman–Crippen MR) is 90.1 cm³/mol. The molecule has 0 aromatic carbocycles. The molecule has 1 aliphatic rings. The van der Waals surface area contributed by atoms with Gasteiger partial charge in [0, 0.05) is 38.6 Å². The second-order valence-electron chi connectivity index (χ2n) is 4.88. The fourth-order valence-electron chi connectivity index (χ4n) is 2.05. The van der Waals surface area contributed by atoms with Gasteiger partial charge in [0.1, 0.15) is 5.69 Å². The third-order valence-electron chi connectivity index (χ3n) is 3.35. The van der Waals surface area contributed by atoms with Gasteiger partial charge in [0.25, 0.3) is 0 Å². The van der Waals surface area contributed by atoms with Crippen molar-refractivity contribution in [2.24, 2.45) is 5.10 Å². The van der Waals surface area contributed by atoms with Gasteiger partial charge in [-0.1, -0.05) is 0 Å². The molecule has 1 aliphatic heterocycles. The number of carbonyl (C=O) groups excluding carboxylic acids is 1. The first-order valence-electron chi connectivity index (χ1n) is 7.39. The van der Waals surface area contributed by atoms with E-state index in [0.717, 1.165) is 0 Å². The number of hydrazone groups is 1. The Morgan fingerprint density at radius 1 is 1.35 bits per heavy atom. The molecule has 9 heteroatoms. The number of amides is 1. The summed E-state index contributed by atoms with van der Waals surface area (Å²) in [5.41, 5.74) is 4.25. The van der Waals surface area contributed by atoms with E-state index in [1.807, 2.05) is 11.8 Å². The average Bonchev–Trinajstić information content (AvgIpc) is 2.60. The molecule has 1 aromatic rings. The van der Waals surface area contributed by atoms with Gasteiger partial charge in [-0.2, -0.15) is 5.10 Å². The summed E-state index contributed by atoms with van der Waals surface area (Å²) in [6.45, 7) is 6.45. The van der Waals surface area contributed by atoms with E-state index >= 15 is 0 Å². The molecule has 1 aromatic heterocycles. The van der Waals surface area contributed by atoms with E-state index in [1.165, 1.54) is 0 Å². The summed E-state index contributed by atoms with van der Waals surface area (Å²) in [6, 6.07) is 0. The molecule has 1 fully saturated rings. The highest BCUT2D eigenvalue weighted by Crippen LogP contribution is 2.04. The Balaban J connectivity index is 1.82. The summed E-state index contributed by atoms with van der Waals surface area (Å²) < 4.78 is 4.99. The van der Waals surface area contributed by atoms with E-state index in [1.54, 1.807) is 30.4 Å². The van der Waals surface area contributed by atoms with Crippen LogP contribution in [0.15, 0.2) is 23.7 Å². The molecule has 0 aliphatic carbocycles. The van der Waals surface area contributed by atoms with Crippen LogP contribution in [0, 0.1) is 0 Å². The molecule has 1 N–H and O–H groups in total. The van der Waals surface area contributed by atoms with Crippen molar-refractivity contribution in [1.82, 2.24) is 25.2 Å². The van der Waals surface area contributed by atoms with Gasteiger partial charge in [-0.15, -0.1) is 0 Å². The van der Waals surface area contributed by atoms with Crippen LogP contribution in [0.2, 0.25) is 0 Å². The molecule has 1 saturated heterocycles. The zero-order valence-corrected chi connectivity index (χ0v) is 14.0. The van der Waals surface area contributed by atoms with E-state index in [0.29, 0.717) is 49.3 Å². The Morgan fingerprint density at radius 2 is 2.04 bits per heavy atom. The third-order valence-corrected chi connectivity index (χ3v) is 3.70. The van der Waals surface area contributed by atoms with Crippen molar-refractivity contribution in [2.45, 2.75) is 13.8 Å². The number of nitrogens with one attached hydrogen (secondary N) is 1. The van der Waals surface area contributed by atoms with E-state index in [2.05, 4.69) is 20.5 Å². The topological polar surface area (TPSA) is 83.0 Å². The third kappa shape index (κ3) is 4.85. The van der Waals surface area contributed by atoms with Gasteiger partial charge in [-0.3, -0.25) is 15.4 Å². The summed E-state index contributed by atoms with van der Waals surface area (Å²) in [4.78, 5) is 23.5. The number of hydrogen-bond donors (Lipinski definition) is 1. The Bertz CT molecular complexity index is 572. The molecule has 0 saturated carbocycles. The molecule has 8 nitrogen and oxygen atoms in total. The molecule has 2 heterocycles. The van der Waals surface area contributed by atoms with E-state index < -0.39 is 0 Å². The Morgan fingerprint density at radius 3 is 2.65 bits per heavy atom. The maximum absolute atomic E-state index is 11.6. The van der Waals surface area contributed by atoms with Gasteiger partial charge in [0.15, 0.2) is 5.11 Å². The second-order valence-corrected chi connectivity index (χ2v) is 5.26. The lowest BCUT2D eigenvalue weighted by atomic mass is 10.3. The lowest BCUT2D eigenvalue weighted by Gasteiger charge is -2.34. The normalized spacial score (nSPS) is 15.3. The molecule has 0 spiro atoms. The summed E-state index contributed by atoms with van der Waals surface area (Å²) in [7, 11) is 0. The highest BCUT2D eigenvalue weighted by atomic mass is 32.1.